The Morgan fingerprint density at radius 3 is 2.61 bits per heavy atom. The van der Waals surface area contributed by atoms with E-state index in [2.05, 4.69) is 71.5 Å². The number of aromatic amines is 1. The Hall–Kier alpha value is -2.24. The van der Waals surface area contributed by atoms with E-state index >= 15 is 0 Å². The van der Waals surface area contributed by atoms with E-state index in [4.69, 9.17) is 0 Å². The van der Waals surface area contributed by atoms with Crippen LogP contribution in [0.2, 0.25) is 0 Å². The summed E-state index contributed by atoms with van der Waals surface area (Å²) >= 11 is 1.89. The monoisotopic (exact) mass is 393 g/mol. The van der Waals surface area contributed by atoms with Crippen LogP contribution in [0.1, 0.15) is 30.7 Å². The lowest BCUT2D eigenvalue weighted by molar-refractivity contribution is -0.117. The molecule has 4 rings (SSSR count). The van der Waals surface area contributed by atoms with Crippen molar-refractivity contribution in [1.29, 1.82) is 0 Å². The highest BCUT2D eigenvalue weighted by molar-refractivity contribution is 7.99. The molecule has 2 N–H and O–H groups in total. The number of hydrogen-bond acceptors (Lipinski definition) is 3. The summed E-state index contributed by atoms with van der Waals surface area (Å²) in [6.07, 6.45) is 1.84. The van der Waals surface area contributed by atoms with Crippen molar-refractivity contribution in [2.75, 3.05) is 24.2 Å². The second kappa shape index (κ2) is 8.41. The first kappa shape index (κ1) is 19.1. The Bertz CT molecular complexity index is 972. The van der Waals surface area contributed by atoms with Crippen molar-refractivity contribution >= 4 is 34.3 Å². The van der Waals surface area contributed by atoms with Crippen molar-refractivity contribution in [2.24, 2.45) is 0 Å². The minimum Gasteiger partial charge on any atom is -0.356 e. The predicted molar refractivity (Wildman–Crippen MR) is 118 cm³/mol. The van der Waals surface area contributed by atoms with Gasteiger partial charge in [-0.2, -0.15) is 0 Å². The Labute approximate surface area is 170 Å². The molecule has 1 aromatic heterocycles. The van der Waals surface area contributed by atoms with Gasteiger partial charge in [0.1, 0.15) is 0 Å². The van der Waals surface area contributed by atoms with Gasteiger partial charge in [0.25, 0.3) is 0 Å². The van der Waals surface area contributed by atoms with Crippen LogP contribution in [0.25, 0.3) is 10.9 Å². The highest BCUT2D eigenvalue weighted by Crippen LogP contribution is 2.34. The number of hydrogen-bond donors (Lipinski definition) is 2. The first-order chi connectivity index (χ1) is 13.7. The summed E-state index contributed by atoms with van der Waals surface area (Å²) in [6, 6.07) is 14.7. The van der Waals surface area contributed by atoms with E-state index in [1.54, 1.807) is 0 Å². The minimum absolute atomic E-state index is 0.0696. The second-order valence-corrected chi connectivity index (χ2v) is 8.35. The van der Waals surface area contributed by atoms with Crippen LogP contribution in [0.4, 0.5) is 5.69 Å². The highest BCUT2D eigenvalue weighted by atomic mass is 32.2. The van der Waals surface area contributed by atoms with Gasteiger partial charge in [-0.05, 0) is 30.0 Å². The number of aryl methyl sites for hydroxylation is 2. The zero-order valence-corrected chi connectivity index (χ0v) is 17.4. The van der Waals surface area contributed by atoms with Crippen LogP contribution in [0.15, 0.2) is 47.4 Å². The van der Waals surface area contributed by atoms with Gasteiger partial charge in [0, 0.05) is 46.0 Å². The number of nitrogens with one attached hydrogen (secondary N) is 2. The molecule has 0 fully saturated rings. The lowest BCUT2D eigenvalue weighted by Crippen LogP contribution is -2.34. The summed E-state index contributed by atoms with van der Waals surface area (Å²) in [5.41, 5.74) is 5.82. The van der Waals surface area contributed by atoms with Gasteiger partial charge in [-0.25, -0.2) is 0 Å². The molecule has 0 radical (unpaired) electrons. The van der Waals surface area contributed by atoms with Crippen LogP contribution in [-0.2, 0) is 24.2 Å². The maximum atomic E-state index is 12.8. The van der Waals surface area contributed by atoms with Gasteiger partial charge in [-0.3, -0.25) is 9.69 Å². The summed E-state index contributed by atoms with van der Waals surface area (Å²) in [7, 11) is 0. The van der Waals surface area contributed by atoms with Crippen molar-refractivity contribution in [3.8, 4) is 0 Å². The van der Waals surface area contributed by atoms with Crippen molar-refractivity contribution < 1.29 is 4.79 Å². The lowest BCUT2D eigenvalue weighted by Gasteiger charge is -2.20. The summed E-state index contributed by atoms with van der Waals surface area (Å²) in [5.74, 6) is 1.06. The standard InChI is InChI=1S/C23H27N3OS/c1-3-16-8-7-9-17(4-2)22(16)25-21(27)15-26-12-13-28-23-18-10-5-6-11-19(18)24-20(23)14-26/h5-11,24H,3-4,12-15H2,1-2H3,(H,25,27). The summed E-state index contributed by atoms with van der Waals surface area (Å²) in [6.45, 7) is 6.36. The number of para-hydroxylation sites is 2. The molecule has 3 aromatic rings. The number of carbonyl (C=O) groups is 1. The number of anilines is 1. The lowest BCUT2D eigenvalue weighted by atomic mass is 10.0. The van der Waals surface area contributed by atoms with E-state index in [0.29, 0.717) is 6.54 Å². The third kappa shape index (κ3) is 3.82. The fourth-order valence-electron chi connectivity index (χ4n) is 3.95. The van der Waals surface area contributed by atoms with E-state index in [-0.39, 0.29) is 5.91 Å². The smallest absolute Gasteiger partial charge is 0.238 e. The van der Waals surface area contributed by atoms with Crippen molar-refractivity contribution in [3.63, 3.8) is 0 Å². The number of carbonyl (C=O) groups excluding carboxylic acids is 1. The number of H-pyrrole nitrogens is 1. The van der Waals surface area contributed by atoms with Gasteiger partial charge in [-0.1, -0.05) is 50.2 Å². The maximum absolute atomic E-state index is 12.8. The van der Waals surface area contributed by atoms with E-state index in [1.165, 1.54) is 32.6 Å². The fourth-order valence-corrected chi connectivity index (χ4v) is 5.12. The number of amides is 1. The van der Waals surface area contributed by atoms with Gasteiger partial charge in [0.2, 0.25) is 5.91 Å². The SMILES string of the molecule is CCc1cccc(CC)c1NC(=O)CN1CCSc2c([nH]c3ccccc23)C1. The quantitative estimate of drug-likeness (QED) is 0.652. The topological polar surface area (TPSA) is 48.1 Å². The Kier molecular flexibility index (Phi) is 5.74. The van der Waals surface area contributed by atoms with Gasteiger partial charge in [-0.15, -0.1) is 11.8 Å². The largest absolute Gasteiger partial charge is 0.356 e. The van der Waals surface area contributed by atoms with Crippen LogP contribution >= 0.6 is 11.8 Å². The molecule has 2 aromatic carbocycles. The molecule has 28 heavy (non-hydrogen) atoms. The van der Waals surface area contributed by atoms with Gasteiger partial charge in [0.05, 0.1) is 6.54 Å². The van der Waals surface area contributed by atoms with Crippen LogP contribution in [-0.4, -0.2) is 34.6 Å². The Morgan fingerprint density at radius 2 is 1.86 bits per heavy atom. The predicted octanol–water partition coefficient (Wildman–Crippen LogP) is 4.84. The van der Waals surface area contributed by atoms with Crippen molar-refractivity contribution in [2.45, 2.75) is 38.1 Å². The molecule has 0 unspecified atom stereocenters. The van der Waals surface area contributed by atoms with Crippen LogP contribution < -0.4 is 5.32 Å². The first-order valence-electron chi connectivity index (χ1n) is 10.0. The van der Waals surface area contributed by atoms with Crippen LogP contribution in [0.3, 0.4) is 0 Å². The molecular formula is C23H27N3OS. The van der Waals surface area contributed by atoms with E-state index in [0.717, 1.165) is 37.4 Å². The van der Waals surface area contributed by atoms with Gasteiger partial charge in [0.15, 0.2) is 0 Å². The number of fused-ring (bicyclic) bond motifs is 3. The first-order valence-corrected chi connectivity index (χ1v) is 11.0. The summed E-state index contributed by atoms with van der Waals surface area (Å²) < 4.78 is 0. The normalized spacial score (nSPS) is 14.6. The molecule has 1 aliphatic heterocycles. The summed E-state index contributed by atoms with van der Waals surface area (Å²) in [4.78, 5) is 20.0. The molecule has 5 heteroatoms. The minimum atomic E-state index is 0.0696. The van der Waals surface area contributed by atoms with E-state index in [9.17, 15) is 4.79 Å². The molecule has 0 spiro atoms. The summed E-state index contributed by atoms with van der Waals surface area (Å²) in [5, 5.41) is 4.49. The number of nitrogens with zero attached hydrogens (tertiary/aromatic N) is 1. The van der Waals surface area contributed by atoms with E-state index < -0.39 is 0 Å². The number of benzene rings is 2. The molecule has 4 nitrogen and oxygen atoms in total. The third-order valence-corrected chi connectivity index (χ3v) is 6.54. The molecule has 0 bridgehead atoms. The fraction of sp³-hybridized carbons (Fsp3) is 0.348. The number of thioether (sulfide) groups is 1. The second-order valence-electron chi connectivity index (χ2n) is 7.24. The van der Waals surface area contributed by atoms with Crippen molar-refractivity contribution in [3.05, 3.63) is 59.3 Å². The zero-order valence-electron chi connectivity index (χ0n) is 16.5. The zero-order chi connectivity index (χ0) is 19.5. The average Bonchev–Trinajstić information content (AvgIpc) is 2.93. The number of rotatable bonds is 5. The maximum Gasteiger partial charge on any atom is 0.238 e. The Morgan fingerprint density at radius 1 is 1.11 bits per heavy atom. The Balaban J connectivity index is 1.50. The highest BCUT2D eigenvalue weighted by Gasteiger charge is 2.21. The van der Waals surface area contributed by atoms with Gasteiger partial charge < -0.3 is 10.3 Å². The van der Waals surface area contributed by atoms with Crippen LogP contribution in [0.5, 0.6) is 0 Å². The molecule has 0 saturated heterocycles. The van der Waals surface area contributed by atoms with E-state index in [1.807, 2.05) is 11.8 Å². The molecule has 0 saturated carbocycles. The van der Waals surface area contributed by atoms with Crippen molar-refractivity contribution in [1.82, 2.24) is 9.88 Å². The van der Waals surface area contributed by atoms with Gasteiger partial charge >= 0.3 is 0 Å². The van der Waals surface area contributed by atoms with Crippen LogP contribution in [0, 0.1) is 0 Å². The molecular weight excluding hydrogens is 366 g/mol. The third-order valence-electron chi connectivity index (χ3n) is 5.40. The molecule has 2 heterocycles. The molecule has 146 valence electrons. The molecule has 1 aliphatic rings. The molecule has 0 aliphatic carbocycles. The molecule has 1 amide bonds. The number of aromatic nitrogens is 1. The molecule has 0 atom stereocenters. The average molecular weight is 394 g/mol.